The van der Waals surface area contributed by atoms with E-state index in [1.807, 2.05) is 18.2 Å². The molecule has 1 unspecified atom stereocenters. The average Bonchev–Trinajstić information content (AvgIpc) is 3.17. The fraction of sp³-hybridized carbons (Fsp3) is 0.364. The number of nitrogens with zero attached hydrogens (tertiary/aromatic N) is 1. The van der Waals surface area contributed by atoms with Crippen molar-refractivity contribution in [3.63, 3.8) is 0 Å². The van der Waals surface area contributed by atoms with Crippen molar-refractivity contribution in [1.82, 2.24) is 0 Å². The van der Waals surface area contributed by atoms with Crippen molar-refractivity contribution >= 4 is 35.8 Å². The first kappa shape index (κ1) is 23.3. The number of hydrogen-bond acceptors (Lipinski definition) is 6. The Labute approximate surface area is 182 Å². The van der Waals surface area contributed by atoms with Crippen LogP contribution >= 0.6 is 12.4 Å². The molecule has 8 heteroatoms. The minimum atomic E-state index is -0.431. The van der Waals surface area contributed by atoms with Gasteiger partial charge in [0.2, 0.25) is 0 Å². The zero-order valence-corrected chi connectivity index (χ0v) is 18.2. The first-order valence-electron chi connectivity index (χ1n) is 9.50. The zero-order chi connectivity index (χ0) is 20.8. The number of hydrogen-bond donors (Lipinski definition) is 1. The number of carbonyl (C=O) groups is 2. The van der Waals surface area contributed by atoms with E-state index in [-0.39, 0.29) is 30.9 Å². The summed E-state index contributed by atoms with van der Waals surface area (Å²) in [4.78, 5) is 25.2. The van der Waals surface area contributed by atoms with Crippen LogP contribution in [0.4, 0.5) is 16.2 Å². The molecule has 1 atom stereocenters. The molecule has 1 N–H and O–H groups in total. The van der Waals surface area contributed by atoms with Crippen molar-refractivity contribution in [3.8, 4) is 5.75 Å². The van der Waals surface area contributed by atoms with Crippen LogP contribution in [0.25, 0.3) is 0 Å². The van der Waals surface area contributed by atoms with Gasteiger partial charge in [-0.3, -0.25) is 9.69 Å². The number of esters is 1. The van der Waals surface area contributed by atoms with Crippen LogP contribution in [0, 0.1) is 0 Å². The highest BCUT2D eigenvalue weighted by molar-refractivity contribution is 5.87. The second-order valence-corrected chi connectivity index (χ2v) is 6.93. The molecule has 0 saturated carbocycles. The third-order valence-electron chi connectivity index (χ3n) is 5.12. The summed E-state index contributed by atoms with van der Waals surface area (Å²) in [7, 11) is 4.67. The number of nitrogens with one attached hydrogen (secondary N) is 1. The molecule has 3 rings (SSSR count). The Morgan fingerprint density at radius 1 is 1.13 bits per heavy atom. The molecule has 1 amide bonds. The summed E-state index contributed by atoms with van der Waals surface area (Å²) in [6.07, 6.45) is 0.715. The molecule has 30 heavy (non-hydrogen) atoms. The molecule has 162 valence electrons. The van der Waals surface area contributed by atoms with Gasteiger partial charge in [0.05, 0.1) is 14.2 Å². The highest BCUT2D eigenvalue weighted by atomic mass is 35.5. The third kappa shape index (κ3) is 5.57. The van der Waals surface area contributed by atoms with E-state index in [9.17, 15) is 9.59 Å². The summed E-state index contributed by atoms with van der Waals surface area (Å²) in [5, 5.41) is 3.36. The van der Waals surface area contributed by atoms with E-state index in [4.69, 9.17) is 14.2 Å². The van der Waals surface area contributed by atoms with Crippen molar-refractivity contribution < 1.29 is 23.8 Å². The van der Waals surface area contributed by atoms with E-state index in [0.717, 1.165) is 35.7 Å². The number of amides is 1. The first-order valence-corrected chi connectivity index (χ1v) is 9.50. The Kier molecular flexibility index (Phi) is 8.35. The third-order valence-corrected chi connectivity index (χ3v) is 5.12. The molecule has 0 radical (unpaired) electrons. The zero-order valence-electron chi connectivity index (χ0n) is 17.3. The monoisotopic (exact) mass is 434 g/mol. The smallest absolute Gasteiger partial charge is 0.414 e. The number of anilines is 2. The van der Waals surface area contributed by atoms with Gasteiger partial charge in [-0.1, -0.05) is 12.1 Å². The van der Waals surface area contributed by atoms with Gasteiger partial charge in [0, 0.05) is 37.3 Å². The Morgan fingerprint density at radius 2 is 1.87 bits per heavy atom. The van der Waals surface area contributed by atoms with Gasteiger partial charge in [-0.15, -0.1) is 12.4 Å². The fourth-order valence-electron chi connectivity index (χ4n) is 3.35. The van der Waals surface area contributed by atoms with Crippen molar-refractivity contribution in [2.24, 2.45) is 0 Å². The van der Waals surface area contributed by atoms with E-state index >= 15 is 0 Å². The molecule has 0 fully saturated rings. The van der Waals surface area contributed by atoms with Gasteiger partial charge < -0.3 is 19.5 Å². The topological polar surface area (TPSA) is 77.1 Å². The molecule has 0 saturated heterocycles. The van der Waals surface area contributed by atoms with E-state index < -0.39 is 6.09 Å². The molecule has 1 aliphatic heterocycles. The highest BCUT2D eigenvalue weighted by Crippen LogP contribution is 2.35. The van der Waals surface area contributed by atoms with Crippen LogP contribution in [0.3, 0.4) is 0 Å². The standard InChI is InChI=1S/C22H26N2O5.ClH/c1-24(17-6-8-18(27-2)9-7-17)22(26)29-14-15-4-10-19-16(5-11-21(25)28-3)13-23-20(19)12-15;/h4,6-10,12,16,23H,5,11,13-14H2,1-3H3;1H. The highest BCUT2D eigenvalue weighted by Gasteiger charge is 2.23. The molecule has 7 nitrogen and oxygen atoms in total. The van der Waals surface area contributed by atoms with Gasteiger partial charge in [-0.2, -0.15) is 0 Å². The number of fused-ring (bicyclic) bond motifs is 1. The molecular formula is C22H27ClN2O5. The number of benzene rings is 2. The Hall–Kier alpha value is -2.93. The molecule has 0 bridgehead atoms. The summed E-state index contributed by atoms with van der Waals surface area (Å²) in [6, 6.07) is 13.2. The minimum absolute atomic E-state index is 0. The number of halogens is 1. The first-order chi connectivity index (χ1) is 14.0. The number of rotatable bonds is 7. The van der Waals surface area contributed by atoms with Crippen molar-refractivity contribution in [1.29, 1.82) is 0 Å². The van der Waals surface area contributed by atoms with Crippen LogP contribution in [0.5, 0.6) is 5.75 Å². The van der Waals surface area contributed by atoms with Crippen molar-refractivity contribution in [3.05, 3.63) is 53.6 Å². The fourth-order valence-corrected chi connectivity index (χ4v) is 3.35. The van der Waals surface area contributed by atoms with Crippen molar-refractivity contribution in [2.45, 2.75) is 25.4 Å². The maximum Gasteiger partial charge on any atom is 0.414 e. The number of methoxy groups -OCH3 is 2. The SMILES string of the molecule is COC(=O)CCC1CNc2cc(COC(=O)N(C)c3ccc(OC)cc3)ccc21.Cl. The summed E-state index contributed by atoms with van der Waals surface area (Å²) in [5.41, 5.74) is 3.83. The van der Waals surface area contributed by atoms with E-state index in [1.54, 1.807) is 38.4 Å². The summed E-state index contributed by atoms with van der Waals surface area (Å²) in [6.45, 7) is 0.969. The lowest BCUT2D eigenvalue weighted by molar-refractivity contribution is -0.140. The molecule has 0 aliphatic carbocycles. The second-order valence-electron chi connectivity index (χ2n) is 6.93. The lowest BCUT2D eigenvalue weighted by atomic mass is 9.95. The molecule has 0 aromatic heterocycles. The van der Waals surface area contributed by atoms with Crippen LogP contribution in [-0.2, 0) is 20.9 Å². The molecule has 1 heterocycles. The van der Waals surface area contributed by atoms with Crippen LogP contribution in [-0.4, -0.2) is 39.9 Å². The van der Waals surface area contributed by atoms with Gasteiger partial charge in [-0.25, -0.2) is 4.79 Å². The quantitative estimate of drug-likeness (QED) is 0.653. The van der Waals surface area contributed by atoms with Crippen LogP contribution in [0.2, 0.25) is 0 Å². The lowest BCUT2D eigenvalue weighted by Crippen LogP contribution is -2.26. The molecule has 1 aliphatic rings. The van der Waals surface area contributed by atoms with Gasteiger partial charge in [0.15, 0.2) is 0 Å². The van der Waals surface area contributed by atoms with Crippen LogP contribution < -0.4 is 15.0 Å². The maximum atomic E-state index is 12.3. The predicted molar refractivity (Wildman–Crippen MR) is 118 cm³/mol. The average molecular weight is 435 g/mol. The van der Waals surface area contributed by atoms with Gasteiger partial charge in [0.1, 0.15) is 12.4 Å². The summed E-state index contributed by atoms with van der Waals surface area (Å²) in [5.74, 6) is 0.816. The van der Waals surface area contributed by atoms with Gasteiger partial charge in [-0.05, 0) is 47.9 Å². The molecule has 0 spiro atoms. The summed E-state index contributed by atoms with van der Waals surface area (Å²) >= 11 is 0. The Balaban J connectivity index is 0.00000320. The van der Waals surface area contributed by atoms with Crippen LogP contribution in [0.1, 0.15) is 29.9 Å². The normalized spacial score (nSPS) is 14.0. The van der Waals surface area contributed by atoms with Crippen molar-refractivity contribution in [2.75, 3.05) is 38.0 Å². The Morgan fingerprint density at radius 3 is 2.53 bits per heavy atom. The summed E-state index contributed by atoms with van der Waals surface area (Å²) < 4.78 is 15.3. The van der Waals surface area contributed by atoms with E-state index in [0.29, 0.717) is 6.42 Å². The Bertz CT molecular complexity index is 872. The number of ether oxygens (including phenoxy) is 3. The molecular weight excluding hydrogens is 408 g/mol. The van der Waals surface area contributed by atoms with E-state index in [2.05, 4.69) is 5.32 Å². The van der Waals surface area contributed by atoms with Crippen LogP contribution in [0.15, 0.2) is 42.5 Å². The van der Waals surface area contributed by atoms with E-state index in [1.165, 1.54) is 17.6 Å². The van der Waals surface area contributed by atoms with Gasteiger partial charge >= 0.3 is 12.1 Å². The largest absolute Gasteiger partial charge is 0.497 e. The molecule has 2 aromatic rings. The second kappa shape index (κ2) is 10.7. The lowest BCUT2D eigenvalue weighted by Gasteiger charge is -2.17. The number of carbonyl (C=O) groups excluding carboxylic acids is 2. The predicted octanol–water partition coefficient (Wildman–Crippen LogP) is 4.35. The van der Waals surface area contributed by atoms with Gasteiger partial charge in [0.25, 0.3) is 0 Å². The minimum Gasteiger partial charge on any atom is -0.497 e. The molecule has 2 aromatic carbocycles. The maximum absolute atomic E-state index is 12.3.